The zero-order valence-electron chi connectivity index (χ0n) is 11.2. The summed E-state index contributed by atoms with van der Waals surface area (Å²) >= 11 is 5.73. The molecule has 0 saturated heterocycles. The normalized spacial score (nSPS) is 12.4. The zero-order valence-corrected chi connectivity index (χ0v) is 11.9. The van der Waals surface area contributed by atoms with E-state index >= 15 is 0 Å². The van der Waals surface area contributed by atoms with Crippen molar-refractivity contribution in [2.75, 3.05) is 0 Å². The first kappa shape index (κ1) is 14.9. The standard InChI is InChI=1S/C16H16ClF2N/c1-11(8-13-4-2-3-5-15(13)18)20-10-12-6-7-16(19)14(17)9-12/h2-7,9,11,20H,8,10H2,1H3. The maximum absolute atomic E-state index is 13.5. The largest absolute Gasteiger partial charge is 0.310 e. The summed E-state index contributed by atoms with van der Waals surface area (Å²) in [5.74, 6) is -0.610. The lowest BCUT2D eigenvalue weighted by Gasteiger charge is -2.14. The number of benzene rings is 2. The first-order valence-corrected chi connectivity index (χ1v) is 6.85. The first-order valence-electron chi connectivity index (χ1n) is 6.47. The van der Waals surface area contributed by atoms with Crippen LogP contribution in [-0.2, 0) is 13.0 Å². The van der Waals surface area contributed by atoms with E-state index in [0.717, 1.165) is 5.56 Å². The highest BCUT2D eigenvalue weighted by atomic mass is 35.5. The molecule has 0 aliphatic heterocycles. The quantitative estimate of drug-likeness (QED) is 0.865. The van der Waals surface area contributed by atoms with Gasteiger partial charge in [-0.1, -0.05) is 35.9 Å². The van der Waals surface area contributed by atoms with Gasteiger partial charge in [0, 0.05) is 12.6 Å². The van der Waals surface area contributed by atoms with Gasteiger partial charge in [-0.3, -0.25) is 0 Å². The molecule has 0 fully saturated rings. The topological polar surface area (TPSA) is 12.0 Å². The Morgan fingerprint density at radius 3 is 2.55 bits per heavy atom. The van der Waals surface area contributed by atoms with Gasteiger partial charge in [0.25, 0.3) is 0 Å². The van der Waals surface area contributed by atoms with E-state index in [1.54, 1.807) is 24.3 Å². The molecular formula is C16H16ClF2N. The number of rotatable bonds is 5. The van der Waals surface area contributed by atoms with Crippen molar-refractivity contribution in [2.45, 2.75) is 25.9 Å². The predicted molar refractivity (Wildman–Crippen MR) is 77.8 cm³/mol. The van der Waals surface area contributed by atoms with Crippen LogP contribution in [0.3, 0.4) is 0 Å². The van der Waals surface area contributed by atoms with E-state index in [2.05, 4.69) is 5.32 Å². The van der Waals surface area contributed by atoms with E-state index in [9.17, 15) is 8.78 Å². The van der Waals surface area contributed by atoms with Gasteiger partial charge in [0.05, 0.1) is 5.02 Å². The maximum atomic E-state index is 13.5. The van der Waals surface area contributed by atoms with Crippen molar-refractivity contribution in [3.63, 3.8) is 0 Å². The molecule has 20 heavy (non-hydrogen) atoms. The highest BCUT2D eigenvalue weighted by Gasteiger charge is 2.07. The highest BCUT2D eigenvalue weighted by Crippen LogP contribution is 2.16. The number of hydrogen-bond acceptors (Lipinski definition) is 1. The summed E-state index contributed by atoms with van der Waals surface area (Å²) in [6.07, 6.45) is 0.599. The van der Waals surface area contributed by atoms with Crippen LogP contribution in [0.5, 0.6) is 0 Å². The van der Waals surface area contributed by atoms with Crippen molar-refractivity contribution in [2.24, 2.45) is 0 Å². The molecule has 1 N–H and O–H groups in total. The number of hydrogen-bond donors (Lipinski definition) is 1. The Labute approximate surface area is 122 Å². The molecule has 4 heteroatoms. The molecule has 2 aromatic rings. The Morgan fingerprint density at radius 2 is 1.85 bits per heavy atom. The van der Waals surface area contributed by atoms with Gasteiger partial charge in [-0.2, -0.15) is 0 Å². The molecule has 0 bridgehead atoms. The molecule has 2 aromatic carbocycles. The maximum Gasteiger partial charge on any atom is 0.141 e. The molecule has 0 radical (unpaired) electrons. The molecule has 1 unspecified atom stereocenters. The van der Waals surface area contributed by atoms with E-state index < -0.39 is 5.82 Å². The molecule has 0 spiro atoms. The minimum Gasteiger partial charge on any atom is -0.310 e. The van der Waals surface area contributed by atoms with Crippen molar-refractivity contribution >= 4 is 11.6 Å². The first-order chi connectivity index (χ1) is 9.56. The fraction of sp³-hybridized carbons (Fsp3) is 0.250. The summed E-state index contributed by atoms with van der Waals surface area (Å²) in [6.45, 7) is 2.55. The molecule has 1 atom stereocenters. The Balaban J connectivity index is 1.90. The van der Waals surface area contributed by atoms with Crippen molar-refractivity contribution < 1.29 is 8.78 Å². The zero-order chi connectivity index (χ0) is 14.5. The molecular weight excluding hydrogens is 280 g/mol. The van der Waals surface area contributed by atoms with Crippen LogP contribution >= 0.6 is 11.6 Å². The van der Waals surface area contributed by atoms with E-state index in [-0.39, 0.29) is 16.9 Å². The lowest BCUT2D eigenvalue weighted by molar-refractivity contribution is 0.525. The Morgan fingerprint density at radius 1 is 1.10 bits per heavy atom. The van der Waals surface area contributed by atoms with Gasteiger partial charge in [0.1, 0.15) is 11.6 Å². The Bertz CT molecular complexity index is 586. The van der Waals surface area contributed by atoms with Gasteiger partial charge >= 0.3 is 0 Å². The summed E-state index contributed by atoms with van der Waals surface area (Å²) in [4.78, 5) is 0. The molecule has 0 amide bonds. The molecule has 2 rings (SSSR count). The minimum absolute atomic E-state index is 0.107. The van der Waals surface area contributed by atoms with Crippen LogP contribution in [-0.4, -0.2) is 6.04 Å². The molecule has 0 aliphatic rings. The van der Waals surface area contributed by atoms with Gasteiger partial charge in [0.2, 0.25) is 0 Å². The van der Waals surface area contributed by atoms with Crippen molar-refractivity contribution in [1.82, 2.24) is 5.32 Å². The summed E-state index contributed by atoms with van der Waals surface area (Å²) in [6, 6.07) is 11.5. The van der Waals surface area contributed by atoms with Crippen molar-refractivity contribution in [3.8, 4) is 0 Å². The number of halogens is 3. The summed E-state index contributed by atoms with van der Waals surface area (Å²) < 4.78 is 26.6. The minimum atomic E-state index is -0.421. The molecule has 0 saturated carbocycles. The van der Waals surface area contributed by atoms with Gasteiger partial charge in [-0.25, -0.2) is 8.78 Å². The van der Waals surface area contributed by atoms with Crippen LogP contribution in [0.2, 0.25) is 5.02 Å². The third kappa shape index (κ3) is 4.02. The van der Waals surface area contributed by atoms with E-state index in [1.165, 1.54) is 12.1 Å². The summed E-state index contributed by atoms with van der Waals surface area (Å²) in [7, 11) is 0. The Kier molecular flexibility index (Phi) is 5.10. The van der Waals surface area contributed by atoms with Crippen LogP contribution < -0.4 is 5.32 Å². The molecule has 0 aromatic heterocycles. The predicted octanol–water partition coefficient (Wildman–Crippen LogP) is 4.34. The lowest BCUT2D eigenvalue weighted by Crippen LogP contribution is -2.27. The highest BCUT2D eigenvalue weighted by molar-refractivity contribution is 6.30. The second-order valence-electron chi connectivity index (χ2n) is 4.83. The van der Waals surface area contributed by atoms with Gasteiger partial charge < -0.3 is 5.32 Å². The van der Waals surface area contributed by atoms with Crippen LogP contribution in [0.25, 0.3) is 0 Å². The second-order valence-corrected chi connectivity index (χ2v) is 5.23. The van der Waals surface area contributed by atoms with Crippen LogP contribution in [0, 0.1) is 11.6 Å². The molecule has 1 nitrogen and oxygen atoms in total. The SMILES string of the molecule is CC(Cc1ccccc1F)NCc1ccc(F)c(Cl)c1. The number of nitrogens with one attached hydrogen (secondary N) is 1. The van der Waals surface area contributed by atoms with Crippen LogP contribution in [0.15, 0.2) is 42.5 Å². The average molecular weight is 296 g/mol. The Hall–Kier alpha value is -1.45. The van der Waals surface area contributed by atoms with E-state index in [1.807, 2.05) is 13.0 Å². The van der Waals surface area contributed by atoms with Crippen molar-refractivity contribution in [3.05, 3.63) is 70.2 Å². The molecule has 0 aliphatic carbocycles. The summed E-state index contributed by atoms with van der Waals surface area (Å²) in [5, 5.41) is 3.39. The van der Waals surface area contributed by atoms with E-state index in [4.69, 9.17) is 11.6 Å². The average Bonchev–Trinajstić information content (AvgIpc) is 2.43. The third-order valence-corrected chi connectivity index (χ3v) is 3.41. The molecule has 106 valence electrons. The second kappa shape index (κ2) is 6.82. The summed E-state index contributed by atoms with van der Waals surface area (Å²) in [5.41, 5.74) is 1.58. The fourth-order valence-corrected chi connectivity index (χ4v) is 2.21. The monoisotopic (exact) mass is 295 g/mol. The van der Waals surface area contributed by atoms with Gasteiger partial charge in [0.15, 0.2) is 0 Å². The van der Waals surface area contributed by atoms with Gasteiger partial charge in [-0.05, 0) is 42.7 Å². The van der Waals surface area contributed by atoms with Crippen LogP contribution in [0.1, 0.15) is 18.1 Å². The van der Waals surface area contributed by atoms with Crippen LogP contribution in [0.4, 0.5) is 8.78 Å². The lowest BCUT2D eigenvalue weighted by atomic mass is 10.1. The fourth-order valence-electron chi connectivity index (χ4n) is 2.01. The van der Waals surface area contributed by atoms with Gasteiger partial charge in [-0.15, -0.1) is 0 Å². The molecule has 0 heterocycles. The van der Waals surface area contributed by atoms with Crippen molar-refractivity contribution in [1.29, 1.82) is 0 Å². The smallest absolute Gasteiger partial charge is 0.141 e. The van der Waals surface area contributed by atoms with E-state index in [0.29, 0.717) is 18.5 Å². The third-order valence-electron chi connectivity index (χ3n) is 3.12.